The number of amides is 1. The van der Waals surface area contributed by atoms with Gasteiger partial charge in [-0.3, -0.25) is 4.79 Å². The number of ether oxygens (including phenoxy) is 1. The van der Waals surface area contributed by atoms with Crippen molar-refractivity contribution in [1.82, 2.24) is 5.32 Å². The Labute approximate surface area is 136 Å². The van der Waals surface area contributed by atoms with E-state index in [2.05, 4.69) is 5.32 Å². The summed E-state index contributed by atoms with van der Waals surface area (Å²) in [4.78, 5) is 11.8. The van der Waals surface area contributed by atoms with Crippen molar-refractivity contribution in [3.63, 3.8) is 0 Å². The molecular formula is C18H20ClNO2. The van der Waals surface area contributed by atoms with Crippen LogP contribution >= 0.6 is 11.6 Å². The number of rotatable bonds is 7. The fourth-order valence-electron chi connectivity index (χ4n) is 2.06. The highest BCUT2D eigenvalue weighted by Gasteiger charge is 2.03. The Morgan fingerprint density at radius 1 is 1.14 bits per heavy atom. The van der Waals surface area contributed by atoms with Crippen LogP contribution in [-0.4, -0.2) is 19.1 Å². The molecule has 3 nitrogen and oxygen atoms in total. The standard InChI is InChI=1S/C18H20ClNO2/c1-14-4-2-3-5-17(14)22-13-11-18(21)20-12-10-15-6-8-16(19)9-7-15/h2-9H,10-13H2,1H3,(H,20,21). The predicted molar refractivity (Wildman–Crippen MR) is 89.5 cm³/mol. The molecule has 2 rings (SSSR count). The summed E-state index contributed by atoms with van der Waals surface area (Å²) < 4.78 is 5.61. The van der Waals surface area contributed by atoms with Gasteiger partial charge in [0.1, 0.15) is 5.75 Å². The second-order valence-electron chi connectivity index (χ2n) is 5.09. The molecule has 0 bridgehead atoms. The number of hydrogen-bond donors (Lipinski definition) is 1. The number of carbonyl (C=O) groups excluding carboxylic acids is 1. The highest BCUT2D eigenvalue weighted by molar-refractivity contribution is 6.30. The lowest BCUT2D eigenvalue weighted by Gasteiger charge is -2.09. The van der Waals surface area contributed by atoms with E-state index in [1.807, 2.05) is 55.5 Å². The van der Waals surface area contributed by atoms with E-state index < -0.39 is 0 Å². The van der Waals surface area contributed by atoms with Crippen molar-refractivity contribution in [1.29, 1.82) is 0 Å². The van der Waals surface area contributed by atoms with Gasteiger partial charge in [0.25, 0.3) is 0 Å². The molecule has 2 aromatic rings. The average Bonchev–Trinajstić information content (AvgIpc) is 2.51. The normalized spacial score (nSPS) is 10.3. The summed E-state index contributed by atoms with van der Waals surface area (Å²) in [6, 6.07) is 15.4. The molecule has 0 aromatic heterocycles. The Bertz CT molecular complexity index is 611. The molecule has 0 unspecified atom stereocenters. The van der Waals surface area contributed by atoms with Crippen molar-refractivity contribution in [2.45, 2.75) is 19.8 Å². The number of hydrogen-bond acceptors (Lipinski definition) is 2. The lowest BCUT2D eigenvalue weighted by Crippen LogP contribution is -2.27. The van der Waals surface area contributed by atoms with Gasteiger partial charge in [0.15, 0.2) is 0 Å². The Balaban J connectivity index is 1.64. The Kier molecular flexibility index (Phi) is 6.28. The van der Waals surface area contributed by atoms with Crippen molar-refractivity contribution < 1.29 is 9.53 Å². The molecule has 0 saturated carbocycles. The Morgan fingerprint density at radius 3 is 2.59 bits per heavy atom. The maximum Gasteiger partial charge on any atom is 0.223 e. The molecule has 4 heteroatoms. The van der Waals surface area contributed by atoms with E-state index in [-0.39, 0.29) is 5.91 Å². The van der Waals surface area contributed by atoms with E-state index in [9.17, 15) is 4.79 Å². The number of carbonyl (C=O) groups is 1. The van der Waals surface area contributed by atoms with Crippen molar-refractivity contribution in [2.75, 3.05) is 13.2 Å². The van der Waals surface area contributed by atoms with Crippen LogP contribution in [0.4, 0.5) is 0 Å². The second kappa shape index (κ2) is 8.44. The molecule has 0 atom stereocenters. The molecular weight excluding hydrogens is 298 g/mol. The first kappa shape index (κ1) is 16.4. The average molecular weight is 318 g/mol. The van der Waals surface area contributed by atoms with E-state index in [0.29, 0.717) is 19.6 Å². The minimum atomic E-state index is 0.00236. The molecule has 0 saturated heterocycles. The molecule has 0 heterocycles. The summed E-state index contributed by atoms with van der Waals surface area (Å²) in [5.74, 6) is 0.832. The van der Waals surface area contributed by atoms with E-state index in [1.54, 1.807) is 0 Å². The zero-order chi connectivity index (χ0) is 15.8. The number of nitrogens with one attached hydrogen (secondary N) is 1. The minimum absolute atomic E-state index is 0.00236. The van der Waals surface area contributed by atoms with Crippen molar-refractivity contribution in [2.24, 2.45) is 0 Å². The van der Waals surface area contributed by atoms with Gasteiger partial charge >= 0.3 is 0 Å². The van der Waals surface area contributed by atoms with Gasteiger partial charge in [0.2, 0.25) is 5.91 Å². The molecule has 0 spiro atoms. The molecule has 2 aromatic carbocycles. The van der Waals surface area contributed by atoms with Gasteiger partial charge in [-0.1, -0.05) is 41.9 Å². The molecule has 0 aliphatic carbocycles. The van der Waals surface area contributed by atoms with Crippen molar-refractivity contribution >= 4 is 17.5 Å². The van der Waals surface area contributed by atoms with Gasteiger partial charge in [-0.25, -0.2) is 0 Å². The summed E-state index contributed by atoms with van der Waals surface area (Å²) in [5.41, 5.74) is 2.23. The largest absolute Gasteiger partial charge is 0.493 e. The third kappa shape index (κ3) is 5.41. The van der Waals surface area contributed by atoms with Gasteiger partial charge in [0.05, 0.1) is 13.0 Å². The maximum absolute atomic E-state index is 11.8. The SMILES string of the molecule is Cc1ccccc1OCCC(=O)NCCc1ccc(Cl)cc1. The number of benzene rings is 2. The minimum Gasteiger partial charge on any atom is -0.493 e. The third-order valence-corrected chi connectivity index (χ3v) is 3.58. The first-order valence-corrected chi connectivity index (χ1v) is 7.72. The van der Waals surface area contributed by atoms with Crippen LogP contribution in [0.25, 0.3) is 0 Å². The maximum atomic E-state index is 11.8. The van der Waals surface area contributed by atoms with Gasteiger partial charge < -0.3 is 10.1 Å². The summed E-state index contributed by atoms with van der Waals surface area (Å²) in [6.07, 6.45) is 1.15. The molecule has 1 N–H and O–H groups in total. The van der Waals surface area contributed by atoms with Crippen LogP contribution in [0.15, 0.2) is 48.5 Å². The van der Waals surface area contributed by atoms with Crippen LogP contribution < -0.4 is 10.1 Å². The first-order chi connectivity index (χ1) is 10.6. The molecule has 22 heavy (non-hydrogen) atoms. The highest BCUT2D eigenvalue weighted by atomic mass is 35.5. The van der Waals surface area contributed by atoms with Gasteiger partial charge in [-0.05, 0) is 42.7 Å². The Hall–Kier alpha value is -2.00. The predicted octanol–water partition coefficient (Wildman–Crippen LogP) is 3.78. The summed E-state index contributed by atoms with van der Waals surface area (Å²) in [7, 11) is 0. The lowest BCUT2D eigenvalue weighted by atomic mass is 10.1. The summed E-state index contributed by atoms with van der Waals surface area (Å²) in [6.45, 7) is 2.99. The van der Waals surface area contributed by atoms with Crippen LogP contribution in [0.5, 0.6) is 5.75 Å². The van der Waals surface area contributed by atoms with Crippen LogP contribution in [0.2, 0.25) is 5.02 Å². The molecule has 1 amide bonds. The van der Waals surface area contributed by atoms with Gasteiger partial charge in [-0.2, -0.15) is 0 Å². The quantitative estimate of drug-likeness (QED) is 0.844. The topological polar surface area (TPSA) is 38.3 Å². The van der Waals surface area contributed by atoms with E-state index >= 15 is 0 Å². The number of aryl methyl sites for hydroxylation is 1. The first-order valence-electron chi connectivity index (χ1n) is 7.35. The van der Waals surface area contributed by atoms with Gasteiger partial charge in [-0.15, -0.1) is 0 Å². The molecule has 116 valence electrons. The molecule has 0 fully saturated rings. The molecule has 0 radical (unpaired) electrons. The monoisotopic (exact) mass is 317 g/mol. The number of para-hydroxylation sites is 1. The molecule has 0 aliphatic rings. The summed E-state index contributed by atoms with van der Waals surface area (Å²) in [5, 5.41) is 3.62. The van der Waals surface area contributed by atoms with Crippen molar-refractivity contribution in [3.8, 4) is 5.75 Å². The highest BCUT2D eigenvalue weighted by Crippen LogP contribution is 2.16. The molecule has 0 aliphatic heterocycles. The fourth-order valence-corrected chi connectivity index (χ4v) is 2.18. The Morgan fingerprint density at radius 2 is 1.86 bits per heavy atom. The van der Waals surface area contributed by atoms with Gasteiger partial charge in [0, 0.05) is 11.6 Å². The lowest BCUT2D eigenvalue weighted by molar-refractivity contribution is -0.121. The third-order valence-electron chi connectivity index (χ3n) is 3.33. The smallest absolute Gasteiger partial charge is 0.223 e. The summed E-state index contributed by atoms with van der Waals surface area (Å²) >= 11 is 5.83. The van der Waals surface area contributed by atoms with Crippen LogP contribution in [-0.2, 0) is 11.2 Å². The number of halogens is 1. The van der Waals surface area contributed by atoms with Crippen LogP contribution in [0.3, 0.4) is 0 Å². The van der Waals surface area contributed by atoms with E-state index in [1.165, 1.54) is 0 Å². The fraction of sp³-hybridized carbons (Fsp3) is 0.278. The van der Waals surface area contributed by atoms with Crippen molar-refractivity contribution in [3.05, 3.63) is 64.7 Å². The van der Waals surface area contributed by atoms with Crippen LogP contribution in [0, 0.1) is 6.92 Å². The van der Waals surface area contributed by atoms with Crippen LogP contribution in [0.1, 0.15) is 17.5 Å². The van der Waals surface area contributed by atoms with E-state index in [4.69, 9.17) is 16.3 Å². The second-order valence-corrected chi connectivity index (χ2v) is 5.53. The zero-order valence-electron chi connectivity index (χ0n) is 12.6. The van der Waals surface area contributed by atoms with E-state index in [0.717, 1.165) is 28.3 Å². The zero-order valence-corrected chi connectivity index (χ0v) is 13.4.